The zero-order valence-electron chi connectivity index (χ0n) is 8.34. The number of carbonyl (C=O) groups excluding carboxylic acids is 1. The molecule has 1 rings (SSSR count). The summed E-state index contributed by atoms with van der Waals surface area (Å²) in [7, 11) is 2.92. The second kappa shape index (κ2) is 5.51. The van der Waals surface area contributed by atoms with Crippen LogP contribution >= 0.6 is 31.9 Å². The van der Waals surface area contributed by atoms with E-state index in [1.807, 2.05) is 0 Å². The lowest BCUT2D eigenvalue weighted by molar-refractivity contribution is 0.0599. The number of alkyl halides is 1. The quantitative estimate of drug-likeness (QED) is 0.628. The molecule has 1 aromatic carbocycles. The predicted molar refractivity (Wildman–Crippen MR) is 64.7 cm³/mol. The standard InChI is InChI=1S/C10H10Br2O3/c1-14-9-7(5-11)6(10(13)15-2)3-4-8(9)12/h3-4H,5H2,1-2H3. The summed E-state index contributed by atoms with van der Waals surface area (Å²) in [5, 5.41) is 0.528. The Hall–Kier alpha value is -0.550. The fourth-order valence-electron chi connectivity index (χ4n) is 1.25. The van der Waals surface area contributed by atoms with Crippen LogP contribution in [0.15, 0.2) is 16.6 Å². The van der Waals surface area contributed by atoms with Crippen LogP contribution in [-0.2, 0) is 10.1 Å². The molecular weight excluding hydrogens is 328 g/mol. The molecule has 5 heteroatoms. The van der Waals surface area contributed by atoms with E-state index in [-0.39, 0.29) is 5.97 Å². The molecule has 0 amide bonds. The Balaban J connectivity index is 3.35. The third kappa shape index (κ3) is 2.52. The maximum atomic E-state index is 11.5. The number of ether oxygens (including phenoxy) is 2. The van der Waals surface area contributed by atoms with Crippen molar-refractivity contribution in [1.29, 1.82) is 0 Å². The molecule has 0 aliphatic heterocycles. The van der Waals surface area contributed by atoms with Gasteiger partial charge in [0.05, 0.1) is 24.3 Å². The Bertz CT molecular complexity index is 377. The van der Waals surface area contributed by atoms with Crippen molar-refractivity contribution in [3.8, 4) is 5.75 Å². The van der Waals surface area contributed by atoms with E-state index in [0.29, 0.717) is 16.6 Å². The predicted octanol–water partition coefficient (Wildman–Crippen LogP) is 3.14. The molecule has 0 aliphatic carbocycles. The van der Waals surface area contributed by atoms with Crippen molar-refractivity contribution in [3.05, 3.63) is 27.7 Å². The van der Waals surface area contributed by atoms with Gasteiger partial charge in [0, 0.05) is 10.9 Å². The molecule has 0 saturated carbocycles. The van der Waals surface area contributed by atoms with Crippen LogP contribution in [0.2, 0.25) is 0 Å². The number of esters is 1. The normalized spacial score (nSPS) is 9.87. The lowest BCUT2D eigenvalue weighted by Crippen LogP contribution is -2.06. The van der Waals surface area contributed by atoms with E-state index < -0.39 is 0 Å². The SMILES string of the molecule is COC(=O)c1ccc(Br)c(OC)c1CBr. The van der Waals surface area contributed by atoms with Crippen LogP contribution in [0.1, 0.15) is 15.9 Å². The van der Waals surface area contributed by atoms with Crippen LogP contribution in [0.25, 0.3) is 0 Å². The Morgan fingerprint density at radius 2 is 2.07 bits per heavy atom. The Morgan fingerprint density at radius 3 is 2.53 bits per heavy atom. The van der Waals surface area contributed by atoms with Crippen LogP contribution in [0.5, 0.6) is 5.75 Å². The summed E-state index contributed by atoms with van der Waals surface area (Å²) in [6.07, 6.45) is 0. The summed E-state index contributed by atoms with van der Waals surface area (Å²) in [6, 6.07) is 3.46. The van der Waals surface area contributed by atoms with Gasteiger partial charge in [-0.05, 0) is 28.1 Å². The fourth-order valence-corrected chi connectivity index (χ4v) is 2.34. The first-order valence-corrected chi connectivity index (χ1v) is 6.06. The third-order valence-corrected chi connectivity index (χ3v) is 3.14. The van der Waals surface area contributed by atoms with Crippen LogP contribution in [-0.4, -0.2) is 20.2 Å². The summed E-state index contributed by atoms with van der Waals surface area (Å²) in [4.78, 5) is 11.5. The first-order chi connectivity index (χ1) is 7.15. The van der Waals surface area contributed by atoms with Crippen LogP contribution < -0.4 is 4.74 Å². The highest BCUT2D eigenvalue weighted by Crippen LogP contribution is 2.33. The van der Waals surface area contributed by atoms with E-state index in [1.54, 1.807) is 19.2 Å². The van der Waals surface area contributed by atoms with E-state index in [0.717, 1.165) is 10.0 Å². The van der Waals surface area contributed by atoms with Gasteiger partial charge in [-0.15, -0.1) is 0 Å². The maximum absolute atomic E-state index is 11.5. The van der Waals surface area contributed by atoms with Crippen molar-refractivity contribution < 1.29 is 14.3 Å². The molecule has 1 aromatic rings. The van der Waals surface area contributed by atoms with Crippen molar-refractivity contribution in [3.63, 3.8) is 0 Å². The van der Waals surface area contributed by atoms with Crippen molar-refractivity contribution in [1.82, 2.24) is 0 Å². The van der Waals surface area contributed by atoms with Gasteiger partial charge in [-0.25, -0.2) is 4.79 Å². The van der Waals surface area contributed by atoms with E-state index in [1.165, 1.54) is 7.11 Å². The topological polar surface area (TPSA) is 35.5 Å². The molecule has 0 aromatic heterocycles. The molecule has 0 unspecified atom stereocenters. The van der Waals surface area contributed by atoms with Crippen LogP contribution in [0, 0.1) is 0 Å². The summed E-state index contributed by atoms with van der Waals surface area (Å²) < 4.78 is 10.7. The van der Waals surface area contributed by atoms with Gasteiger partial charge in [-0.2, -0.15) is 0 Å². The molecule has 82 valence electrons. The first kappa shape index (κ1) is 12.5. The maximum Gasteiger partial charge on any atom is 0.338 e. The summed E-state index contributed by atoms with van der Waals surface area (Å²) in [5.41, 5.74) is 1.29. The lowest BCUT2D eigenvalue weighted by atomic mass is 10.1. The largest absolute Gasteiger partial charge is 0.495 e. The van der Waals surface area contributed by atoms with Gasteiger partial charge in [0.2, 0.25) is 0 Å². The minimum absolute atomic E-state index is 0.366. The highest BCUT2D eigenvalue weighted by atomic mass is 79.9. The molecule has 15 heavy (non-hydrogen) atoms. The van der Waals surface area contributed by atoms with Gasteiger partial charge in [0.25, 0.3) is 0 Å². The molecule has 0 atom stereocenters. The molecule has 0 bridgehead atoms. The van der Waals surface area contributed by atoms with E-state index >= 15 is 0 Å². The number of carbonyl (C=O) groups is 1. The van der Waals surface area contributed by atoms with Crippen molar-refractivity contribution in [2.45, 2.75) is 5.33 Å². The average molecular weight is 338 g/mol. The summed E-state index contributed by atoms with van der Waals surface area (Å²) >= 11 is 6.68. The van der Waals surface area contributed by atoms with E-state index in [9.17, 15) is 4.79 Å². The smallest absolute Gasteiger partial charge is 0.338 e. The van der Waals surface area contributed by atoms with Gasteiger partial charge in [0.1, 0.15) is 5.75 Å². The van der Waals surface area contributed by atoms with Crippen molar-refractivity contribution in [2.75, 3.05) is 14.2 Å². The van der Waals surface area contributed by atoms with Crippen LogP contribution in [0.3, 0.4) is 0 Å². The second-order valence-corrected chi connectivity index (χ2v) is 4.15. The number of benzene rings is 1. The number of hydrogen-bond acceptors (Lipinski definition) is 3. The lowest BCUT2D eigenvalue weighted by Gasteiger charge is -2.12. The molecule has 0 saturated heterocycles. The number of methoxy groups -OCH3 is 2. The minimum Gasteiger partial charge on any atom is -0.495 e. The van der Waals surface area contributed by atoms with Gasteiger partial charge in [0.15, 0.2) is 0 Å². The Morgan fingerprint density at radius 1 is 1.40 bits per heavy atom. The van der Waals surface area contributed by atoms with E-state index in [2.05, 4.69) is 36.6 Å². The Kier molecular flexibility index (Phi) is 4.60. The molecule has 0 fully saturated rings. The van der Waals surface area contributed by atoms with Gasteiger partial charge < -0.3 is 9.47 Å². The molecule has 3 nitrogen and oxygen atoms in total. The van der Waals surface area contributed by atoms with Crippen LogP contribution in [0.4, 0.5) is 0 Å². The molecule has 0 aliphatic rings. The zero-order valence-corrected chi connectivity index (χ0v) is 11.5. The Labute approximate surface area is 105 Å². The van der Waals surface area contributed by atoms with Gasteiger partial charge in [-0.3, -0.25) is 0 Å². The van der Waals surface area contributed by atoms with E-state index in [4.69, 9.17) is 4.74 Å². The summed E-state index contributed by atoms with van der Waals surface area (Å²) in [6.45, 7) is 0. The zero-order chi connectivity index (χ0) is 11.4. The molecule has 0 spiro atoms. The second-order valence-electron chi connectivity index (χ2n) is 2.73. The molecular formula is C10H10Br2O3. The van der Waals surface area contributed by atoms with Crippen molar-refractivity contribution >= 4 is 37.8 Å². The highest BCUT2D eigenvalue weighted by molar-refractivity contribution is 9.10. The highest BCUT2D eigenvalue weighted by Gasteiger charge is 2.17. The third-order valence-electron chi connectivity index (χ3n) is 1.96. The van der Waals surface area contributed by atoms with Gasteiger partial charge in [-0.1, -0.05) is 15.9 Å². The molecule has 0 N–H and O–H groups in total. The number of rotatable bonds is 3. The minimum atomic E-state index is -0.366. The molecule has 0 heterocycles. The van der Waals surface area contributed by atoms with Gasteiger partial charge >= 0.3 is 5.97 Å². The molecule has 0 radical (unpaired) electrons. The summed E-state index contributed by atoms with van der Waals surface area (Å²) in [5.74, 6) is 0.282. The number of hydrogen-bond donors (Lipinski definition) is 0. The monoisotopic (exact) mass is 336 g/mol. The number of halogens is 2. The fraction of sp³-hybridized carbons (Fsp3) is 0.300. The van der Waals surface area contributed by atoms with Crippen molar-refractivity contribution in [2.24, 2.45) is 0 Å². The first-order valence-electron chi connectivity index (χ1n) is 4.15. The average Bonchev–Trinajstić information content (AvgIpc) is 2.27.